The summed E-state index contributed by atoms with van der Waals surface area (Å²) in [4.78, 5) is 21.9. The average Bonchev–Trinajstić information content (AvgIpc) is 2.36. The van der Waals surface area contributed by atoms with Gasteiger partial charge >= 0.3 is 0 Å². The van der Waals surface area contributed by atoms with Crippen LogP contribution < -0.4 is 0 Å². The maximum Gasteiger partial charge on any atom is 0.190 e. The first-order valence-electron chi connectivity index (χ1n) is 6.06. The number of aldehydes is 1. The molecule has 0 amide bonds. The maximum atomic E-state index is 11.5. The lowest BCUT2D eigenvalue weighted by Crippen LogP contribution is -2.21. The second kappa shape index (κ2) is 8.64. The number of ketones is 1. The first-order chi connectivity index (χ1) is 8.42. The van der Waals surface area contributed by atoms with Crippen molar-refractivity contribution in [3.63, 3.8) is 0 Å². The zero-order valence-corrected chi connectivity index (χ0v) is 11.2. The largest absolute Gasteiger partial charge is 0.515 e. The Kier molecular flexibility index (Phi) is 7.96. The lowest BCUT2D eigenvalue weighted by atomic mass is 10.00. The fourth-order valence-corrected chi connectivity index (χ4v) is 1.47. The highest BCUT2D eigenvalue weighted by molar-refractivity contribution is 5.97. The lowest BCUT2D eigenvalue weighted by molar-refractivity contribution is -0.123. The van der Waals surface area contributed by atoms with Gasteiger partial charge in [0.05, 0.1) is 6.26 Å². The minimum Gasteiger partial charge on any atom is -0.515 e. The summed E-state index contributed by atoms with van der Waals surface area (Å²) in [6.45, 7) is 5.14. The van der Waals surface area contributed by atoms with Crippen molar-refractivity contribution in [2.75, 3.05) is 0 Å². The van der Waals surface area contributed by atoms with Gasteiger partial charge < -0.3 is 15.0 Å². The molecule has 0 radical (unpaired) electrons. The van der Waals surface area contributed by atoms with E-state index >= 15 is 0 Å². The minimum atomic E-state index is -1.12. The highest BCUT2D eigenvalue weighted by Gasteiger charge is 2.16. The van der Waals surface area contributed by atoms with Gasteiger partial charge in [0, 0.05) is 17.9 Å². The van der Waals surface area contributed by atoms with Crippen LogP contribution >= 0.6 is 0 Å². The topological polar surface area (TPSA) is 74.6 Å². The quantitative estimate of drug-likeness (QED) is 0.302. The van der Waals surface area contributed by atoms with Crippen LogP contribution in [0.4, 0.5) is 0 Å². The lowest BCUT2D eigenvalue weighted by Gasteiger charge is -2.10. The van der Waals surface area contributed by atoms with E-state index in [-0.39, 0.29) is 17.9 Å². The summed E-state index contributed by atoms with van der Waals surface area (Å²) in [5.74, 6) is -0.438. The third-order valence-electron chi connectivity index (χ3n) is 2.75. The van der Waals surface area contributed by atoms with Gasteiger partial charge in [-0.15, -0.1) is 0 Å². The Morgan fingerprint density at radius 2 is 1.94 bits per heavy atom. The molecule has 0 rings (SSSR count). The van der Waals surface area contributed by atoms with Crippen LogP contribution in [0.1, 0.15) is 40.0 Å². The summed E-state index contributed by atoms with van der Waals surface area (Å²) in [6.07, 6.45) is 4.19. The zero-order valence-electron chi connectivity index (χ0n) is 11.2. The molecule has 0 saturated carbocycles. The van der Waals surface area contributed by atoms with Gasteiger partial charge in [0.2, 0.25) is 0 Å². The van der Waals surface area contributed by atoms with Crippen LogP contribution in [0.2, 0.25) is 0 Å². The van der Waals surface area contributed by atoms with E-state index in [0.717, 1.165) is 24.7 Å². The van der Waals surface area contributed by atoms with Crippen LogP contribution in [0.15, 0.2) is 23.5 Å². The van der Waals surface area contributed by atoms with Gasteiger partial charge in [0.15, 0.2) is 5.78 Å². The smallest absolute Gasteiger partial charge is 0.190 e. The van der Waals surface area contributed by atoms with Crippen molar-refractivity contribution in [3.8, 4) is 0 Å². The predicted molar refractivity (Wildman–Crippen MR) is 70.2 cm³/mol. The van der Waals surface area contributed by atoms with Gasteiger partial charge in [-0.3, -0.25) is 4.79 Å². The Morgan fingerprint density at radius 3 is 2.44 bits per heavy atom. The fraction of sp³-hybridized carbons (Fsp3) is 0.571. The van der Waals surface area contributed by atoms with Crippen LogP contribution in [0.3, 0.4) is 0 Å². The van der Waals surface area contributed by atoms with Crippen molar-refractivity contribution in [2.24, 2.45) is 5.92 Å². The first kappa shape index (κ1) is 16.6. The summed E-state index contributed by atoms with van der Waals surface area (Å²) < 4.78 is 0. The second-order valence-electron chi connectivity index (χ2n) is 4.64. The molecule has 0 saturated heterocycles. The van der Waals surface area contributed by atoms with E-state index in [4.69, 9.17) is 5.11 Å². The van der Waals surface area contributed by atoms with Crippen LogP contribution in [0, 0.1) is 5.92 Å². The Bertz CT molecular complexity index is 342. The molecule has 0 aliphatic rings. The van der Waals surface area contributed by atoms with Crippen molar-refractivity contribution >= 4 is 12.1 Å². The number of hydrogen-bond donors (Lipinski definition) is 2. The fourth-order valence-electron chi connectivity index (χ4n) is 1.47. The molecule has 0 spiro atoms. The van der Waals surface area contributed by atoms with Gasteiger partial charge in [-0.05, 0) is 26.7 Å². The SMILES string of the molecule is CC(=CO)C(=O)C(O)C/C(C)=C/CC[C@@H](C)C=O. The van der Waals surface area contributed by atoms with E-state index in [9.17, 15) is 14.7 Å². The molecule has 1 unspecified atom stereocenters. The van der Waals surface area contributed by atoms with E-state index in [1.54, 1.807) is 0 Å². The van der Waals surface area contributed by atoms with E-state index < -0.39 is 11.9 Å². The summed E-state index contributed by atoms with van der Waals surface area (Å²) in [5, 5.41) is 18.3. The standard InChI is InChI=1S/C14H22O4/c1-10(5-4-6-11(2)8-15)7-13(17)14(18)12(3)9-16/h5,8-9,11,13,16-17H,4,6-7H2,1-3H3/b10-5+,12-9?/t11-,13?/m1/s1. The molecule has 4 heteroatoms. The van der Waals surface area contributed by atoms with E-state index in [1.807, 2.05) is 19.9 Å². The van der Waals surface area contributed by atoms with Crippen molar-refractivity contribution in [2.45, 2.75) is 46.1 Å². The molecule has 0 aromatic rings. The number of Topliss-reactive ketones (excluding diaryl/α,β-unsaturated/α-hetero) is 1. The molecule has 18 heavy (non-hydrogen) atoms. The van der Waals surface area contributed by atoms with Gasteiger partial charge in [-0.2, -0.15) is 0 Å². The highest BCUT2D eigenvalue weighted by atomic mass is 16.3. The number of hydrogen-bond acceptors (Lipinski definition) is 4. The van der Waals surface area contributed by atoms with E-state index in [2.05, 4.69) is 0 Å². The molecule has 0 aromatic carbocycles. The average molecular weight is 254 g/mol. The van der Waals surface area contributed by atoms with Gasteiger partial charge in [-0.1, -0.05) is 18.6 Å². The molecule has 0 aromatic heterocycles. The molecular formula is C14H22O4. The maximum absolute atomic E-state index is 11.5. The molecular weight excluding hydrogens is 232 g/mol. The van der Waals surface area contributed by atoms with Gasteiger partial charge in [0.1, 0.15) is 12.4 Å². The van der Waals surface area contributed by atoms with Crippen LogP contribution in [-0.4, -0.2) is 28.4 Å². The number of carbonyl (C=O) groups excluding carboxylic acids is 2. The minimum absolute atomic E-state index is 0.0279. The summed E-state index contributed by atoms with van der Waals surface area (Å²) >= 11 is 0. The zero-order chi connectivity index (χ0) is 14.1. The van der Waals surface area contributed by atoms with Crippen molar-refractivity contribution in [3.05, 3.63) is 23.5 Å². The molecule has 0 bridgehead atoms. The third kappa shape index (κ3) is 6.35. The number of aliphatic hydroxyl groups excluding tert-OH is 2. The van der Waals surface area contributed by atoms with Crippen molar-refractivity contribution < 1.29 is 19.8 Å². The van der Waals surface area contributed by atoms with Crippen molar-refractivity contribution in [1.29, 1.82) is 0 Å². The van der Waals surface area contributed by atoms with Gasteiger partial charge in [-0.25, -0.2) is 0 Å². The molecule has 0 heterocycles. The van der Waals surface area contributed by atoms with Crippen LogP contribution in [-0.2, 0) is 9.59 Å². The number of rotatable bonds is 8. The third-order valence-corrected chi connectivity index (χ3v) is 2.75. The summed E-state index contributed by atoms with van der Waals surface area (Å²) in [5.41, 5.74) is 1.05. The first-order valence-corrected chi connectivity index (χ1v) is 6.06. The van der Waals surface area contributed by atoms with E-state index in [1.165, 1.54) is 6.92 Å². The Labute approximate surface area is 108 Å². The molecule has 0 fully saturated rings. The molecule has 4 nitrogen and oxygen atoms in total. The molecule has 2 N–H and O–H groups in total. The Balaban J connectivity index is 4.22. The number of carbonyl (C=O) groups is 2. The highest BCUT2D eigenvalue weighted by Crippen LogP contribution is 2.12. The molecule has 2 atom stereocenters. The molecule has 0 aliphatic heterocycles. The second-order valence-corrected chi connectivity index (χ2v) is 4.64. The summed E-state index contributed by atoms with van der Waals surface area (Å²) in [7, 11) is 0. The van der Waals surface area contributed by atoms with Gasteiger partial charge in [0.25, 0.3) is 0 Å². The number of allylic oxidation sites excluding steroid dienone is 1. The molecule has 102 valence electrons. The summed E-state index contributed by atoms with van der Waals surface area (Å²) in [6, 6.07) is 0. The predicted octanol–water partition coefficient (Wildman–Crippen LogP) is 2.33. The Hall–Kier alpha value is -1.42. The monoisotopic (exact) mass is 254 g/mol. The number of aliphatic hydroxyl groups is 2. The van der Waals surface area contributed by atoms with E-state index in [0.29, 0.717) is 6.26 Å². The van der Waals surface area contributed by atoms with Crippen LogP contribution in [0.5, 0.6) is 0 Å². The van der Waals surface area contributed by atoms with Crippen molar-refractivity contribution in [1.82, 2.24) is 0 Å². The van der Waals surface area contributed by atoms with Crippen LogP contribution in [0.25, 0.3) is 0 Å². The normalized spacial score (nSPS) is 16.2. The Morgan fingerprint density at radius 1 is 1.33 bits per heavy atom. The molecule has 0 aliphatic carbocycles.